The van der Waals surface area contributed by atoms with Crippen molar-refractivity contribution in [3.63, 3.8) is 0 Å². The van der Waals surface area contributed by atoms with Gasteiger partial charge in [0, 0.05) is 25.2 Å². The van der Waals surface area contributed by atoms with E-state index in [2.05, 4.69) is 5.32 Å². The maximum atomic E-state index is 13.7. The zero-order chi connectivity index (χ0) is 14.4. The summed E-state index contributed by atoms with van der Waals surface area (Å²) >= 11 is 0. The average Bonchev–Trinajstić information content (AvgIpc) is 3.14. The fraction of sp³-hybridized carbons (Fsp3) is 0.312. The third kappa shape index (κ3) is 2.14. The van der Waals surface area contributed by atoms with Gasteiger partial charge in [-0.05, 0) is 30.7 Å². The molecule has 1 aliphatic carbocycles. The number of carbonyl (C=O) groups excluding carboxylic acids is 1. The third-order valence-electron chi connectivity index (χ3n) is 4.13. The fourth-order valence-electron chi connectivity index (χ4n) is 2.93. The second-order valence-electron chi connectivity index (χ2n) is 5.51. The van der Waals surface area contributed by atoms with Crippen LogP contribution in [-0.2, 0) is 0 Å². The van der Waals surface area contributed by atoms with Crippen molar-refractivity contribution in [2.45, 2.75) is 18.5 Å². The van der Waals surface area contributed by atoms with E-state index in [-0.39, 0.29) is 23.5 Å². The summed E-state index contributed by atoms with van der Waals surface area (Å²) in [5, 5.41) is 3.36. The van der Waals surface area contributed by atoms with E-state index >= 15 is 0 Å². The molecule has 1 aromatic carbocycles. The maximum Gasteiger partial charge on any atom is 0.289 e. The van der Waals surface area contributed by atoms with Crippen molar-refractivity contribution >= 4 is 5.91 Å². The smallest absolute Gasteiger partial charge is 0.289 e. The molecule has 21 heavy (non-hydrogen) atoms. The van der Waals surface area contributed by atoms with E-state index in [0.717, 1.165) is 13.0 Å². The Morgan fingerprint density at radius 1 is 1.29 bits per heavy atom. The quantitative estimate of drug-likeness (QED) is 0.921. The lowest BCUT2D eigenvalue weighted by Crippen LogP contribution is -2.46. The van der Waals surface area contributed by atoms with E-state index in [1.165, 1.54) is 6.07 Å². The standard InChI is InChI=1S/C16H15FN2O2/c17-11-4-2-1-3-10(11)14-5-6-15(21-14)16(20)19-8-7-18-12-9-13(12)19/h1-6,12-13,18H,7-9H2. The number of benzene rings is 1. The van der Waals surface area contributed by atoms with Crippen LogP contribution >= 0.6 is 0 Å². The Morgan fingerprint density at radius 2 is 2.14 bits per heavy atom. The van der Waals surface area contributed by atoms with Crippen molar-refractivity contribution in [2.75, 3.05) is 13.1 Å². The number of piperazine rings is 1. The minimum absolute atomic E-state index is 0.105. The van der Waals surface area contributed by atoms with Crippen LogP contribution < -0.4 is 5.32 Å². The number of halogens is 1. The van der Waals surface area contributed by atoms with Crippen LogP contribution in [0.1, 0.15) is 17.0 Å². The molecule has 1 saturated heterocycles. The van der Waals surface area contributed by atoms with Crippen LogP contribution in [0.5, 0.6) is 0 Å². The number of furan rings is 1. The molecule has 0 spiro atoms. The van der Waals surface area contributed by atoms with Crippen molar-refractivity contribution in [2.24, 2.45) is 0 Å². The second-order valence-corrected chi connectivity index (χ2v) is 5.51. The number of hydrogen-bond donors (Lipinski definition) is 1. The monoisotopic (exact) mass is 286 g/mol. The topological polar surface area (TPSA) is 45.5 Å². The molecule has 2 unspecified atom stereocenters. The first kappa shape index (κ1) is 12.6. The van der Waals surface area contributed by atoms with Gasteiger partial charge in [0.2, 0.25) is 0 Å². The second kappa shape index (κ2) is 4.70. The van der Waals surface area contributed by atoms with E-state index in [1.54, 1.807) is 30.3 Å². The van der Waals surface area contributed by atoms with Gasteiger partial charge in [-0.1, -0.05) is 12.1 Å². The van der Waals surface area contributed by atoms with Crippen LogP contribution in [0.15, 0.2) is 40.8 Å². The van der Waals surface area contributed by atoms with Gasteiger partial charge < -0.3 is 14.6 Å². The summed E-state index contributed by atoms with van der Waals surface area (Å²) in [5.41, 5.74) is 0.376. The first-order valence-electron chi connectivity index (χ1n) is 7.13. The van der Waals surface area contributed by atoms with E-state index in [1.807, 2.05) is 4.90 Å². The van der Waals surface area contributed by atoms with Gasteiger partial charge in [0.15, 0.2) is 5.76 Å². The Hall–Kier alpha value is -2.14. The number of fused-ring (bicyclic) bond motifs is 1. The third-order valence-corrected chi connectivity index (χ3v) is 4.13. The lowest BCUT2D eigenvalue weighted by molar-refractivity contribution is 0.0687. The molecule has 1 aliphatic heterocycles. The molecular weight excluding hydrogens is 271 g/mol. The Kier molecular flexibility index (Phi) is 2.82. The van der Waals surface area contributed by atoms with Gasteiger partial charge in [0.1, 0.15) is 11.6 Å². The van der Waals surface area contributed by atoms with Gasteiger partial charge in [-0.2, -0.15) is 0 Å². The minimum Gasteiger partial charge on any atom is -0.451 e. The summed E-state index contributed by atoms with van der Waals surface area (Å²) in [7, 11) is 0. The highest BCUT2D eigenvalue weighted by atomic mass is 19.1. The summed E-state index contributed by atoms with van der Waals surface area (Å²) in [6.07, 6.45) is 1.01. The number of hydrogen-bond acceptors (Lipinski definition) is 3. The minimum atomic E-state index is -0.352. The Morgan fingerprint density at radius 3 is 3.00 bits per heavy atom. The molecule has 1 amide bonds. The predicted molar refractivity (Wildman–Crippen MR) is 75.3 cm³/mol. The highest BCUT2D eigenvalue weighted by Gasteiger charge is 2.46. The van der Waals surface area contributed by atoms with Gasteiger partial charge in [-0.25, -0.2) is 4.39 Å². The molecule has 0 bridgehead atoms. The summed E-state index contributed by atoms with van der Waals surface area (Å²) < 4.78 is 19.3. The van der Waals surface area contributed by atoms with Crippen molar-refractivity contribution in [3.05, 3.63) is 48.0 Å². The molecule has 1 N–H and O–H groups in total. The van der Waals surface area contributed by atoms with Gasteiger partial charge in [0.05, 0.1) is 5.56 Å². The first-order chi connectivity index (χ1) is 10.2. The van der Waals surface area contributed by atoms with E-state index in [4.69, 9.17) is 4.42 Å². The zero-order valence-corrected chi connectivity index (χ0v) is 11.4. The van der Waals surface area contributed by atoms with Crippen LogP contribution in [0.4, 0.5) is 4.39 Å². The highest BCUT2D eigenvalue weighted by Crippen LogP contribution is 2.32. The SMILES string of the molecule is O=C(c1ccc(-c2ccccc2F)o1)N1CCNC2CC21. The first-order valence-corrected chi connectivity index (χ1v) is 7.13. The molecule has 2 aliphatic rings. The summed E-state index contributed by atoms with van der Waals surface area (Å²) in [4.78, 5) is 14.3. The summed E-state index contributed by atoms with van der Waals surface area (Å²) in [6.45, 7) is 1.50. The molecule has 2 heterocycles. The summed E-state index contributed by atoms with van der Waals surface area (Å²) in [6, 6.07) is 10.4. The van der Waals surface area contributed by atoms with E-state index < -0.39 is 0 Å². The predicted octanol–water partition coefficient (Wildman–Crippen LogP) is 2.27. The van der Waals surface area contributed by atoms with E-state index in [0.29, 0.717) is 23.9 Å². The number of rotatable bonds is 2. The lowest BCUT2D eigenvalue weighted by Gasteiger charge is -2.26. The number of amides is 1. The molecule has 1 saturated carbocycles. The van der Waals surface area contributed by atoms with E-state index in [9.17, 15) is 9.18 Å². The van der Waals surface area contributed by atoms with Gasteiger partial charge in [0.25, 0.3) is 5.91 Å². The largest absolute Gasteiger partial charge is 0.451 e. The van der Waals surface area contributed by atoms with Crippen molar-refractivity contribution in [1.29, 1.82) is 0 Å². The molecule has 108 valence electrons. The molecular formula is C16H15FN2O2. The van der Waals surface area contributed by atoms with Gasteiger partial charge in [-0.15, -0.1) is 0 Å². The van der Waals surface area contributed by atoms with Crippen molar-refractivity contribution in [3.8, 4) is 11.3 Å². The Labute approximate surface area is 121 Å². The van der Waals surface area contributed by atoms with Gasteiger partial charge in [-0.3, -0.25) is 4.79 Å². The Bertz CT molecular complexity index is 697. The highest BCUT2D eigenvalue weighted by molar-refractivity contribution is 5.92. The number of nitrogens with one attached hydrogen (secondary N) is 1. The lowest BCUT2D eigenvalue weighted by atomic mass is 10.1. The maximum absolute atomic E-state index is 13.7. The zero-order valence-electron chi connectivity index (χ0n) is 11.4. The van der Waals surface area contributed by atoms with Crippen molar-refractivity contribution < 1.29 is 13.6 Å². The van der Waals surface area contributed by atoms with Crippen LogP contribution in [0.3, 0.4) is 0 Å². The molecule has 1 aromatic heterocycles. The molecule has 2 fully saturated rings. The van der Waals surface area contributed by atoms with Crippen LogP contribution in [0, 0.1) is 5.82 Å². The molecule has 2 atom stereocenters. The average molecular weight is 286 g/mol. The Balaban J connectivity index is 1.60. The van der Waals surface area contributed by atoms with Gasteiger partial charge >= 0.3 is 0 Å². The van der Waals surface area contributed by atoms with Crippen LogP contribution in [-0.4, -0.2) is 36.0 Å². The van der Waals surface area contributed by atoms with Crippen LogP contribution in [0.2, 0.25) is 0 Å². The number of carbonyl (C=O) groups is 1. The normalized spacial score (nSPS) is 23.8. The number of nitrogens with zero attached hydrogens (tertiary/aromatic N) is 1. The molecule has 0 radical (unpaired) electrons. The van der Waals surface area contributed by atoms with Crippen molar-refractivity contribution in [1.82, 2.24) is 10.2 Å². The molecule has 5 heteroatoms. The molecule has 2 aromatic rings. The van der Waals surface area contributed by atoms with Crippen LogP contribution in [0.25, 0.3) is 11.3 Å². The molecule has 4 rings (SSSR count). The summed E-state index contributed by atoms with van der Waals surface area (Å²) in [5.74, 6) is 0.210. The fourth-order valence-corrected chi connectivity index (χ4v) is 2.93. The molecule has 4 nitrogen and oxygen atoms in total.